The smallest absolute Gasteiger partial charge is 0.225 e. The Hall–Kier alpha value is -2.48. The van der Waals surface area contributed by atoms with Gasteiger partial charge in [-0.25, -0.2) is 0 Å². The van der Waals surface area contributed by atoms with E-state index in [0.717, 1.165) is 5.56 Å². The van der Waals surface area contributed by atoms with E-state index in [1.165, 1.54) is 6.92 Å². The van der Waals surface area contributed by atoms with Crippen LogP contribution in [0, 0.1) is 0 Å². The molecule has 1 aromatic carbocycles. The number of ether oxygens (including phenoxy) is 1. The van der Waals surface area contributed by atoms with Crippen molar-refractivity contribution < 1.29 is 19.7 Å². The summed E-state index contributed by atoms with van der Waals surface area (Å²) in [4.78, 5) is 18.0. The van der Waals surface area contributed by atoms with Crippen molar-refractivity contribution in [3.8, 4) is 5.88 Å². The standard InChI is InChI=1S/C19H25N3O4/c1-15(24)22(13-16-6-3-2-4-7-16)18-8-5-9-19(21-18)26-14-17(25)12-20-10-11-23/h2-9,17,20,23,25H,10-14H2,1H3/t17-/m1/s1. The fraction of sp³-hybridized carbons (Fsp3) is 0.368. The lowest BCUT2D eigenvalue weighted by Crippen LogP contribution is -2.33. The number of carbonyl (C=O) groups is 1. The molecule has 2 aromatic rings. The van der Waals surface area contributed by atoms with Gasteiger partial charge in [-0.1, -0.05) is 36.4 Å². The van der Waals surface area contributed by atoms with E-state index in [2.05, 4.69) is 10.3 Å². The summed E-state index contributed by atoms with van der Waals surface area (Å²) < 4.78 is 5.52. The number of aliphatic hydroxyl groups excluding tert-OH is 2. The maximum Gasteiger partial charge on any atom is 0.225 e. The summed E-state index contributed by atoms with van der Waals surface area (Å²) in [7, 11) is 0. The van der Waals surface area contributed by atoms with Crippen molar-refractivity contribution >= 4 is 11.7 Å². The Morgan fingerprint density at radius 1 is 1.23 bits per heavy atom. The highest BCUT2D eigenvalue weighted by atomic mass is 16.5. The zero-order valence-electron chi connectivity index (χ0n) is 14.8. The normalized spacial score (nSPS) is 11.8. The zero-order valence-corrected chi connectivity index (χ0v) is 14.8. The number of benzene rings is 1. The molecule has 0 saturated heterocycles. The summed E-state index contributed by atoms with van der Waals surface area (Å²) in [5.74, 6) is 0.710. The van der Waals surface area contributed by atoms with Gasteiger partial charge in [-0.05, 0) is 11.6 Å². The highest BCUT2D eigenvalue weighted by Gasteiger charge is 2.14. The molecule has 1 aromatic heterocycles. The maximum absolute atomic E-state index is 12.0. The minimum Gasteiger partial charge on any atom is -0.475 e. The summed E-state index contributed by atoms with van der Waals surface area (Å²) in [6.45, 7) is 2.72. The summed E-state index contributed by atoms with van der Waals surface area (Å²) in [6.07, 6.45) is -0.722. The van der Waals surface area contributed by atoms with Gasteiger partial charge in [0.2, 0.25) is 11.8 Å². The van der Waals surface area contributed by atoms with Gasteiger partial charge in [-0.15, -0.1) is 0 Å². The molecule has 1 atom stereocenters. The van der Waals surface area contributed by atoms with Crippen molar-refractivity contribution in [1.82, 2.24) is 10.3 Å². The van der Waals surface area contributed by atoms with Crippen molar-refractivity contribution in [2.45, 2.75) is 19.6 Å². The molecule has 0 fully saturated rings. The number of aliphatic hydroxyl groups is 2. The second-order valence-electron chi connectivity index (χ2n) is 5.82. The summed E-state index contributed by atoms with van der Waals surface area (Å²) in [5, 5.41) is 21.4. The average Bonchev–Trinajstić information content (AvgIpc) is 2.65. The van der Waals surface area contributed by atoms with Gasteiger partial charge in [-0.3, -0.25) is 9.69 Å². The lowest BCUT2D eigenvalue weighted by molar-refractivity contribution is -0.116. The molecular weight excluding hydrogens is 334 g/mol. The van der Waals surface area contributed by atoms with Crippen LogP contribution in [-0.4, -0.2) is 53.5 Å². The average molecular weight is 359 g/mol. The van der Waals surface area contributed by atoms with Crippen LogP contribution in [-0.2, 0) is 11.3 Å². The van der Waals surface area contributed by atoms with Crippen LogP contribution < -0.4 is 15.0 Å². The van der Waals surface area contributed by atoms with E-state index in [1.54, 1.807) is 23.1 Å². The first-order chi connectivity index (χ1) is 12.6. The third kappa shape index (κ3) is 6.44. The fourth-order valence-corrected chi connectivity index (χ4v) is 2.34. The number of hydrogen-bond acceptors (Lipinski definition) is 6. The molecule has 0 radical (unpaired) electrons. The van der Waals surface area contributed by atoms with Gasteiger partial charge < -0.3 is 20.3 Å². The van der Waals surface area contributed by atoms with Crippen LogP contribution in [0.3, 0.4) is 0 Å². The lowest BCUT2D eigenvalue weighted by Gasteiger charge is -2.21. The molecule has 0 aliphatic heterocycles. The molecule has 1 amide bonds. The second-order valence-corrected chi connectivity index (χ2v) is 5.82. The lowest BCUT2D eigenvalue weighted by atomic mass is 10.2. The highest BCUT2D eigenvalue weighted by Crippen LogP contribution is 2.19. The minimum atomic E-state index is -0.722. The van der Waals surface area contributed by atoms with Gasteiger partial charge in [-0.2, -0.15) is 4.98 Å². The van der Waals surface area contributed by atoms with Gasteiger partial charge in [0.05, 0.1) is 13.2 Å². The molecule has 0 unspecified atom stereocenters. The number of nitrogens with one attached hydrogen (secondary N) is 1. The first-order valence-corrected chi connectivity index (χ1v) is 8.51. The Balaban J connectivity index is 2.00. The Morgan fingerprint density at radius 3 is 2.69 bits per heavy atom. The van der Waals surface area contributed by atoms with Gasteiger partial charge in [0.15, 0.2) is 0 Å². The molecule has 1 heterocycles. The number of rotatable bonds is 10. The first kappa shape index (κ1) is 19.8. The van der Waals surface area contributed by atoms with Crippen molar-refractivity contribution in [2.24, 2.45) is 0 Å². The van der Waals surface area contributed by atoms with E-state index >= 15 is 0 Å². The number of anilines is 1. The first-order valence-electron chi connectivity index (χ1n) is 8.51. The van der Waals surface area contributed by atoms with Crippen LogP contribution in [0.2, 0.25) is 0 Å². The predicted molar refractivity (Wildman–Crippen MR) is 99.0 cm³/mol. The van der Waals surface area contributed by atoms with Gasteiger partial charge in [0.25, 0.3) is 0 Å². The molecule has 0 saturated carbocycles. The molecule has 3 N–H and O–H groups in total. The summed E-state index contributed by atoms with van der Waals surface area (Å²) in [6, 6.07) is 14.9. The molecule has 0 bridgehead atoms. The fourth-order valence-electron chi connectivity index (χ4n) is 2.34. The maximum atomic E-state index is 12.0. The molecule has 26 heavy (non-hydrogen) atoms. The monoisotopic (exact) mass is 359 g/mol. The summed E-state index contributed by atoms with van der Waals surface area (Å²) in [5.41, 5.74) is 1.00. The van der Waals surface area contributed by atoms with Crippen molar-refractivity contribution in [3.05, 3.63) is 54.1 Å². The molecule has 2 rings (SSSR count). The van der Waals surface area contributed by atoms with E-state index < -0.39 is 6.10 Å². The van der Waals surface area contributed by atoms with Crippen molar-refractivity contribution in [3.63, 3.8) is 0 Å². The molecule has 0 aliphatic carbocycles. The van der Waals surface area contributed by atoms with Crippen LogP contribution in [0.25, 0.3) is 0 Å². The van der Waals surface area contributed by atoms with Crippen LogP contribution in [0.1, 0.15) is 12.5 Å². The molecule has 0 spiro atoms. The predicted octanol–water partition coefficient (Wildman–Crippen LogP) is 0.956. The molecule has 140 valence electrons. The van der Waals surface area contributed by atoms with Crippen molar-refractivity contribution in [2.75, 3.05) is 31.2 Å². The number of nitrogens with zero attached hydrogens (tertiary/aromatic N) is 2. The SMILES string of the molecule is CC(=O)N(Cc1ccccc1)c1cccc(OC[C@H](O)CNCCO)n1. The number of carbonyl (C=O) groups excluding carboxylic acids is 1. The van der Waals surface area contributed by atoms with Crippen molar-refractivity contribution in [1.29, 1.82) is 0 Å². The Morgan fingerprint density at radius 2 is 2.00 bits per heavy atom. The third-order valence-electron chi connectivity index (χ3n) is 3.64. The number of amides is 1. The van der Waals surface area contributed by atoms with E-state index in [4.69, 9.17) is 9.84 Å². The summed E-state index contributed by atoms with van der Waals surface area (Å²) >= 11 is 0. The van der Waals surface area contributed by atoms with E-state index in [9.17, 15) is 9.90 Å². The highest BCUT2D eigenvalue weighted by molar-refractivity contribution is 5.90. The Labute approximate surface area is 153 Å². The third-order valence-corrected chi connectivity index (χ3v) is 3.64. The van der Waals surface area contributed by atoms with Gasteiger partial charge >= 0.3 is 0 Å². The zero-order chi connectivity index (χ0) is 18.8. The molecular formula is C19H25N3O4. The van der Waals surface area contributed by atoms with Crippen LogP contribution in [0.15, 0.2) is 48.5 Å². The van der Waals surface area contributed by atoms with Crippen LogP contribution in [0.5, 0.6) is 5.88 Å². The van der Waals surface area contributed by atoms with Crippen LogP contribution >= 0.6 is 0 Å². The van der Waals surface area contributed by atoms with E-state index in [1.807, 2.05) is 30.3 Å². The van der Waals surface area contributed by atoms with Gasteiger partial charge in [0.1, 0.15) is 18.5 Å². The number of pyridine rings is 1. The topological polar surface area (TPSA) is 94.9 Å². The Bertz CT molecular complexity index is 681. The minimum absolute atomic E-state index is 0.0134. The Kier molecular flexibility index (Phi) is 8.01. The number of aromatic nitrogens is 1. The van der Waals surface area contributed by atoms with E-state index in [0.29, 0.717) is 31.3 Å². The van der Waals surface area contributed by atoms with E-state index in [-0.39, 0.29) is 19.1 Å². The molecule has 7 heteroatoms. The largest absolute Gasteiger partial charge is 0.475 e. The molecule has 7 nitrogen and oxygen atoms in total. The van der Waals surface area contributed by atoms with Crippen LogP contribution in [0.4, 0.5) is 5.82 Å². The van der Waals surface area contributed by atoms with Gasteiger partial charge in [0, 0.05) is 26.1 Å². The second kappa shape index (κ2) is 10.5. The quantitative estimate of drug-likeness (QED) is 0.547. The molecule has 0 aliphatic rings. The number of hydrogen-bond donors (Lipinski definition) is 3.